The minimum absolute atomic E-state index is 0.0340. The molecule has 0 bridgehead atoms. The summed E-state index contributed by atoms with van der Waals surface area (Å²) in [6.45, 7) is 4.50. The lowest BCUT2D eigenvalue weighted by molar-refractivity contribution is 0.0558. The molecule has 2 fully saturated rings. The van der Waals surface area contributed by atoms with Gasteiger partial charge >= 0.3 is 5.97 Å². The number of piperazine rings is 1. The van der Waals surface area contributed by atoms with Gasteiger partial charge in [0.2, 0.25) is 10.0 Å². The second-order valence-electron chi connectivity index (χ2n) is 8.97. The lowest BCUT2D eigenvalue weighted by atomic mass is 10.0. The summed E-state index contributed by atoms with van der Waals surface area (Å²) in [5.74, 6) is -2.28. The smallest absolute Gasteiger partial charge is 0.337 e. The summed E-state index contributed by atoms with van der Waals surface area (Å²) in [4.78, 5) is 16.0. The molecule has 2 aliphatic rings. The van der Waals surface area contributed by atoms with E-state index in [1.165, 1.54) is 31.4 Å². The number of ether oxygens (including phenoxy) is 1. The molecule has 2 N–H and O–H groups in total. The van der Waals surface area contributed by atoms with Gasteiger partial charge in [-0.1, -0.05) is 23.7 Å². The van der Waals surface area contributed by atoms with Crippen molar-refractivity contribution in [2.45, 2.75) is 18.6 Å². The van der Waals surface area contributed by atoms with Crippen molar-refractivity contribution in [3.63, 3.8) is 0 Å². The molecule has 0 aromatic heterocycles. The topological polar surface area (TPSA) is 91.0 Å². The first-order chi connectivity index (χ1) is 17.2. The predicted molar refractivity (Wildman–Crippen MR) is 132 cm³/mol. The highest BCUT2D eigenvalue weighted by Crippen LogP contribution is 2.28. The van der Waals surface area contributed by atoms with E-state index in [1.807, 2.05) is 0 Å². The summed E-state index contributed by atoms with van der Waals surface area (Å²) < 4.78 is 61.5. The van der Waals surface area contributed by atoms with E-state index in [0.717, 1.165) is 32.2 Å². The first-order valence-corrected chi connectivity index (χ1v) is 13.7. The van der Waals surface area contributed by atoms with Crippen molar-refractivity contribution in [1.29, 1.82) is 0 Å². The standard InChI is InChI=1S/C24H29ClF2N4O4S/c1-35-24(32)17-2-3-18(22(27)11-17)12-29-36(33,34)15-23(16-4-5-21(26)20(25)10-16)31-8-6-30(7-9-31)19-13-28-14-19/h2-5,10-11,19,23,28-29H,6-9,12-15H2,1H3. The van der Waals surface area contributed by atoms with E-state index in [-0.39, 0.29) is 28.4 Å². The zero-order valence-electron chi connectivity index (χ0n) is 19.8. The van der Waals surface area contributed by atoms with Crippen LogP contribution in [-0.4, -0.2) is 82.4 Å². The number of esters is 1. The Bertz CT molecular complexity index is 1200. The van der Waals surface area contributed by atoms with E-state index in [4.69, 9.17) is 11.6 Å². The molecule has 0 amide bonds. The normalized spacial score (nSPS) is 18.6. The number of carbonyl (C=O) groups is 1. The largest absolute Gasteiger partial charge is 0.465 e. The average molecular weight is 543 g/mol. The molecule has 2 aromatic rings. The minimum atomic E-state index is -3.88. The summed E-state index contributed by atoms with van der Waals surface area (Å²) >= 11 is 6.01. The maximum absolute atomic E-state index is 14.4. The second-order valence-corrected chi connectivity index (χ2v) is 11.2. The maximum Gasteiger partial charge on any atom is 0.337 e. The number of halogens is 3. The van der Waals surface area contributed by atoms with Crippen molar-refractivity contribution in [3.8, 4) is 0 Å². The van der Waals surface area contributed by atoms with Crippen molar-refractivity contribution in [1.82, 2.24) is 19.8 Å². The quantitative estimate of drug-likeness (QED) is 0.469. The Labute approximate surface area is 214 Å². The van der Waals surface area contributed by atoms with Crippen LogP contribution in [0.5, 0.6) is 0 Å². The molecule has 0 saturated carbocycles. The Balaban J connectivity index is 1.47. The lowest BCUT2D eigenvalue weighted by Crippen LogP contribution is -2.62. The number of hydrogen-bond donors (Lipinski definition) is 2. The van der Waals surface area contributed by atoms with Crippen LogP contribution >= 0.6 is 11.6 Å². The van der Waals surface area contributed by atoms with E-state index in [0.29, 0.717) is 24.7 Å². The summed E-state index contributed by atoms with van der Waals surface area (Å²) in [5.41, 5.74) is 0.723. The Morgan fingerprint density at radius 1 is 1.14 bits per heavy atom. The van der Waals surface area contributed by atoms with E-state index in [2.05, 4.69) is 24.6 Å². The monoisotopic (exact) mass is 542 g/mol. The lowest BCUT2D eigenvalue weighted by Gasteiger charge is -2.45. The Kier molecular flexibility index (Phi) is 8.59. The van der Waals surface area contributed by atoms with Crippen LogP contribution in [0.4, 0.5) is 8.78 Å². The van der Waals surface area contributed by atoms with Gasteiger partial charge in [-0.3, -0.25) is 9.80 Å². The maximum atomic E-state index is 14.4. The molecule has 0 spiro atoms. The van der Waals surface area contributed by atoms with Crippen LogP contribution in [0, 0.1) is 11.6 Å². The van der Waals surface area contributed by atoms with Crippen molar-refractivity contribution < 1.29 is 26.7 Å². The number of nitrogens with zero attached hydrogens (tertiary/aromatic N) is 2. The highest BCUT2D eigenvalue weighted by atomic mass is 35.5. The fourth-order valence-corrected chi connectivity index (χ4v) is 5.97. The molecule has 2 heterocycles. The molecule has 2 aliphatic heterocycles. The van der Waals surface area contributed by atoms with Crippen LogP contribution in [0.15, 0.2) is 36.4 Å². The van der Waals surface area contributed by atoms with Crippen molar-refractivity contribution >= 4 is 27.6 Å². The SMILES string of the molecule is COC(=O)c1ccc(CNS(=O)(=O)CC(c2ccc(F)c(Cl)c2)N2CCN(C3CNC3)CC2)c(F)c1. The molecule has 8 nitrogen and oxygen atoms in total. The van der Waals surface area contributed by atoms with Crippen LogP contribution in [0.1, 0.15) is 27.5 Å². The van der Waals surface area contributed by atoms with Crippen LogP contribution in [0.25, 0.3) is 0 Å². The first kappa shape index (κ1) is 26.9. The minimum Gasteiger partial charge on any atom is -0.465 e. The molecular formula is C24H29ClF2N4O4S. The molecule has 12 heteroatoms. The van der Waals surface area contributed by atoms with Crippen LogP contribution in [0.2, 0.25) is 5.02 Å². The third-order valence-electron chi connectivity index (χ3n) is 6.73. The second kappa shape index (κ2) is 11.5. The summed E-state index contributed by atoms with van der Waals surface area (Å²) in [5, 5.41) is 3.19. The van der Waals surface area contributed by atoms with E-state index in [1.54, 1.807) is 6.07 Å². The molecule has 36 heavy (non-hydrogen) atoms. The predicted octanol–water partition coefficient (Wildman–Crippen LogP) is 2.15. The number of rotatable bonds is 9. The zero-order valence-corrected chi connectivity index (χ0v) is 21.4. The summed E-state index contributed by atoms with van der Waals surface area (Å²) in [6.07, 6.45) is 0. The Morgan fingerprint density at radius 3 is 2.44 bits per heavy atom. The fraction of sp³-hybridized carbons (Fsp3) is 0.458. The number of benzene rings is 2. The number of nitrogens with one attached hydrogen (secondary N) is 2. The van der Waals surface area contributed by atoms with Crippen LogP contribution in [-0.2, 0) is 21.3 Å². The van der Waals surface area contributed by atoms with Gasteiger partial charge in [-0.05, 0) is 29.8 Å². The molecular weight excluding hydrogens is 514 g/mol. The first-order valence-electron chi connectivity index (χ1n) is 11.6. The Morgan fingerprint density at radius 2 is 1.86 bits per heavy atom. The number of hydrogen-bond acceptors (Lipinski definition) is 7. The molecule has 1 atom stereocenters. The van der Waals surface area contributed by atoms with Crippen molar-refractivity contribution in [2.75, 3.05) is 52.1 Å². The van der Waals surface area contributed by atoms with Gasteiger partial charge in [-0.25, -0.2) is 26.7 Å². The van der Waals surface area contributed by atoms with Gasteiger partial charge < -0.3 is 10.1 Å². The van der Waals surface area contributed by atoms with E-state index >= 15 is 0 Å². The van der Waals surface area contributed by atoms with Gasteiger partial charge in [-0.15, -0.1) is 0 Å². The van der Waals surface area contributed by atoms with Crippen LogP contribution in [0.3, 0.4) is 0 Å². The van der Waals surface area contributed by atoms with Gasteiger partial charge in [0, 0.05) is 57.4 Å². The Hall–Kier alpha value is -2.15. The molecule has 0 aliphatic carbocycles. The average Bonchev–Trinajstić information content (AvgIpc) is 2.82. The van der Waals surface area contributed by atoms with Gasteiger partial charge in [0.1, 0.15) is 11.6 Å². The van der Waals surface area contributed by atoms with Crippen molar-refractivity contribution in [2.24, 2.45) is 0 Å². The number of carbonyl (C=O) groups excluding carboxylic acids is 1. The number of sulfonamides is 1. The third-order valence-corrected chi connectivity index (χ3v) is 8.36. The van der Waals surface area contributed by atoms with E-state index in [9.17, 15) is 22.0 Å². The van der Waals surface area contributed by atoms with Crippen LogP contribution < -0.4 is 10.0 Å². The van der Waals surface area contributed by atoms with Crippen molar-refractivity contribution in [3.05, 3.63) is 69.7 Å². The highest BCUT2D eigenvalue weighted by Gasteiger charge is 2.33. The molecule has 4 rings (SSSR count). The molecule has 0 radical (unpaired) electrons. The molecule has 1 unspecified atom stereocenters. The fourth-order valence-electron chi connectivity index (χ4n) is 4.47. The zero-order chi connectivity index (χ0) is 25.9. The van der Waals surface area contributed by atoms with Gasteiger partial charge in [0.25, 0.3) is 0 Å². The molecule has 2 saturated heterocycles. The van der Waals surface area contributed by atoms with Gasteiger partial charge in [0.15, 0.2) is 0 Å². The highest BCUT2D eigenvalue weighted by molar-refractivity contribution is 7.89. The van der Waals surface area contributed by atoms with Gasteiger partial charge in [0.05, 0.1) is 29.5 Å². The summed E-state index contributed by atoms with van der Waals surface area (Å²) in [7, 11) is -2.69. The van der Waals surface area contributed by atoms with E-state index < -0.39 is 33.7 Å². The molecule has 2 aromatic carbocycles. The van der Waals surface area contributed by atoms with Gasteiger partial charge in [-0.2, -0.15) is 0 Å². The summed E-state index contributed by atoms with van der Waals surface area (Å²) in [6, 6.07) is 7.91. The number of methoxy groups -OCH3 is 1. The third kappa shape index (κ3) is 6.39. The molecule has 196 valence electrons.